The van der Waals surface area contributed by atoms with Crippen molar-refractivity contribution in [2.75, 3.05) is 5.32 Å². The lowest BCUT2D eigenvalue weighted by Crippen LogP contribution is -2.16. The Labute approximate surface area is 86.8 Å². The molecule has 5 heteroatoms. The smallest absolute Gasteiger partial charge is 0.291 e. The maximum atomic E-state index is 11.7. The number of hydrogen-bond acceptors (Lipinski definition) is 3. The third-order valence-electron chi connectivity index (χ3n) is 1.94. The van der Waals surface area contributed by atoms with Crippen LogP contribution in [0.4, 0.5) is 5.69 Å². The number of carbonyl (C=O) groups is 1. The highest BCUT2D eigenvalue weighted by Crippen LogP contribution is 2.05. The summed E-state index contributed by atoms with van der Waals surface area (Å²) in [7, 11) is 1.77. The van der Waals surface area contributed by atoms with E-state index in [2.05, 4.69) is 15.3 Å². The summed E-state index contributed by atoms with van der Waals surface area (Å²) in [5.74, 6) is 0.134. The van der Waals surface area contributed by atoms with Crippen LogP contribution in [0.15, 0.2) is 36.9 Å². The first-order valence-corrected chi connectivity index (χ1v) is 4.46. The zero-order chi connectivity index (χ0) is 10.7. The molecule has 2 heterocycles. The van der Waals surface area contributed by atoms with Gasteiger partial charge in [-0.25, -0.2) is 4.98 Å². The van der Waals surface area contributed by atoms with Crippen molar-refractivity contribution in [1.29, 1.82) is 0 Å². The fraction of sp³-hybridized carbons (Fsp3) is 0.100. The molecule has 0 saturated carbocycles. The van der Waals surface area contributed by atoms with Crippen molar-refractivity contribution in [3.63, 3.8) is 0 Å². The molecule has 2 aromatic rings. The van der Waals surface area contributed by atoms with Crippen molar-refractivity contribution in [2.45, 2.75) is 0 Å². The lowest BCUT2D eigenvalue weighted by Gasteiger charge is -2.03. The van der Waals surface area contributed by atoms with Crippen LogP contribution in [0.5, 0.6) is 0 Å². The molecule has 0 atom stereocenters. The van der Waals surface area contributed by atoms with E-state index in [-0.39, 0.29) is 5.91 Å². The number of nitrogens with one attached hydrogen (secondary N) is 1. The number of aromatic nitrogens is 3. The van der Waals surface area contributed by atoms with E-state index in [1.165, 1.54) is 0 Å². The first kappa shape index (κ1) is 9.39. The molecule has 0 aliphatic rings. The number of nitrogens with zero attached hydrogens (tertiary/aromatic N) is 3. The van der Waals surface area contributed by atoms with Crippen LogP contribution in [0.25, 0.3) is 0 Å². The molecule has 5 nitrogen and oxygen atoms in total. The minimum atomic E-state index is -0.240. The quantitative estimate of drug-likeness (QED) is 0.792. The lowest BCUT2D eigenvalue weighted by molar-refractivity contribution is 0.101. The number of amides is 1. The Kier molecular flexibility index (Phi) is 2.45. The third kappa shape index (κ3) is 2.01. The largest absolute Gasteiger partial charge is 0.330 e. The Bertz CT molecular complexity index is 463. The predicted octanol–water partition coefficient (Wildman–Crippen LogP) is 1.07. The summed E-state index contributed by atoms with van der Waals surface area (Å²) >= 11 is 0. The van der Waals surface area contributed by atoms with Crippen molar-refractivity contribution >= 4 is 11.6 Å². The molecule has 0 aromatic carbocycles. The topological polar surface area (TPSA) is 59.8 Å². The fourth-order valence-corrected chi connectivity index (χ4v) is 1.21. The predicted molar refractivity (Wildman–Crippen MR) is 55.4 cm³/mol. The van der Waals surface area contributed by atoms with Gasteiger partial charge in [-0.05, 0) is 12.1 Å². The Balaban J connectivity index is 2.15. The summed E-state index contributed by atoms with van der Waals surface area (Å²) in [6, 6.07) is 3.53. The van der Waals surface area contributed by atoms with E-state index in [9.17, 15) is 4.79 Å². The SMILES string of the molecule is Cn1ccnc1C(=O)Nc1cccnc1. The van der Waals surface area contributed by atoms with Gasteiger partial charge in [0.15, 0.2) is 5.82 Å². The van der Waals surface area contributed by atoms with Crippen LogP contribution in [-0.4, -0.2) is 20.4 Å². The van der Waals surface area contributed by atoms with E-state index in [0.29, 0.717) is 11.5 Å². The zero-order valence-electron chi connectivity index (χ0n) is 8.21. The monoisotopic (exact) mass is 202 g/mol. The number of hydrogen-bond donors (Lipinski definition) is 1. The first-order valence-electron chi connectivity index (χ1n) is 4.46. The molecule has 0 bridgehead atoms. The van der Waals surface area contributed by atoms with Crippen LogP contribution in [0.2, 0.25) is 0 Å². The maximum absolute atomic E-state index is 11.7. The molecule has 0 aliphatic heterocycles. The van der Waals surface area contributed by atoms with Gasteiger partial charge in [-0.1, -0.05) is 0 Å². The molecule has 2 aromatic heterocycles. The van der Waals surface area contributed by atoms with E-state index >= 15 is 0 Å². The second kappa shape index (κ2) is 3.91. The van der Waals surface area contributed by atoms with Crippen LogP contribution >= 0.6 is 0 Å². The van der Waals surface area contributed by atoms with Crippen molar-refractivity contribution in [3.8, 4) is 0 Å². The fourth-order valence-electron chi connectivity index (χ4n) is 1.21. The summed E-state index contributed by atoms with van der Waals surface area (Å²) in [4.78, 5) is 19.5. The second-order valence-corrected chi connectivity index (χ2v) is 3.06. The minimum absolute atomic E-state index is 0.240. The first-order chi connectivity index (χ1) is 7.27. The van der Waals surface area contributed by atoms with E-state index < -0.39 is 0 Å². The van der Waals surface area contributed by atoms with Gasteiger partial charge in [-0.2, -0.15) is 0 Å². The van der Waals surface area contributed by atoms with E-state index in [1.54, 1.807) is 48.5 Å². The molecule has 15 heavy (non-hydrogen) atoms. The summed E-state index contributed by atoms with van der Waals surface area (Å²) < 4.78 is 1.66. The molecule has 1 N–H and O–H groups in total. The van der Waals surface area contributed by atoms with Gasteiger partial charge in [0.2, 0.25) is 0 Å². The van der Waals surface area contributed by atoms with Crippen molar-refractivity contribution in [3.05, 3.63) is 42.7 Å². The molecular weight excluding hydrogens is 192 g/mol. The zero-order valence-corrected chi connectivity index (χ0v) is 8.21. The maximum Gasteiger partial charge on any atom is 0.291 e. The summed E-state index contributed by atoms with van der Waals surface area (Å²) in [5, 5.41) is 2.70. The summed E-state index contributed by atoms with van der Waals surface area (Å²) in [5.41, 5.74) is 0.658. The van der Waals surface area contributed by atoms with E-state index in [0.717, 1.165) is 0 Å². The van der Waals surface area contributed by atoms with Crippen LogP contribution in [-0.2, 0) is 7.05 Å². The van der Waals surface area contributed by atoms with Gasteiger partial charge in [0.25, 0.3) is 5.91 Å². The van der Waals surface area contributed by atoms with Gasteiger partial charge < -0.3 is 9.88 Å². The van der Waals surface area contributed by atoms with E-state index in [4.69, 9.17) is 0 Å². The number of rotatable bonds is 2. The van der Waals surface area contributed by atoms with Crippen molar-refractivity contribution < 1.29 is 4.79 Å². The Morgan fingerprint density at radius 3 is 2.93 bits per heavy atom. The highest BCUT2D eigenvalue weighted by molar-refractivity contribution is 6.01. The summed E-state index contributed by atoms with van der Waals surface area (Å²) in [6.45, 7) is 0. The van der Waals surface area contributed by atoms with Gasteiger partial charge in [0.05, 0.1) is 11.9 Å². The minimum Gasteiger partial charge on any atom is -0.330 e. The molecule has 76 valence electrons. The van der Waals surface area contributed by atoms with Gasteiger partial charge in [-0.15, -0.1) is 0 Å². The Morgan fingerprint density at radius 1 is 1.47 bits per heavy atom. The third-order valence-corrected chi connectivity index (χ3v) is 1.94. The molecule has 0 radical (unpaired) electrons. The molecule has 0 aliphatic carbocycles. The summed E-state index contributed by atoms with van der Waals surface area (Å²) in [6.07, 6.45) is 6.54. The van der Waals surface area contributed by atoms with Crippen molar-refractivity contribution in [1.82, 2.24) is 14.5 Å². The van der Waals surface area contributed by atoms with Crippen LogP contribution in [0.3, 0.4) is 0 Å². The number of anilines is 1. The number of carbonyl (C=O) groups excluding carboxylic acids is 1. The Hall–Kier alpha value is -2.17. The normalized spacial score (nSPS) is 9.93. The highest BCUT2D eigenvalue weighted by Gasteiger charge is 2.10. The average Bonchev–Trinajstić information content (AvgIpc) is 2.66. The number of imidazole rings is 1. The van der Waals surface area contributed by atoms with Gasteiger partial charge in [-0.3, -0.25) is 9.78 Å². The van der Waals surface area contributed by atoms with Gasteiger partial charge in [0.1, 0.15) is 0 Å². The molecule has 1 amide bonds. The van der Waals surface area contributed by atoms with E-state index in [1.807, 2.05) is 0 Å². The molecule has 0 saturated heterocycles. The lowest BCUT2D eigenvalue weighted by atomic mass is 10.4. The second-order valence-electron chi connectivity index (χ2n) is 3.06. The standard InChI is InChI=1S/C10H10N4O/c1-14-6-5-12-9(14)10(15)13-8-3-2-4-11-7-8/h2-7H,1H3,(H,13,15). The highest BCUT2D eigenvalue weighted by atomic mass is 16.2. The van der Waals surface area contributed by atoms with Crippen LogP contribution in [0, 0.1) is 0 Å². The van der Waals surface area contributed by atoms with Crippen LogP contribution < -0.4 is 5.32 Å². The van der Waals surface area contributed by atoms with Crippen molar-refractivity contribution in [2.24, 2.45) is 7.05 Å². The molecular formula is C10H10N4O. The molecule has 2 rings (SSSR count). The molecule has 0 spiro atoms. The number of aryl methyl sites for hydroxylation is 1. The van der Waals surface area contributed by atoms with Gasteiger partial charge >= 0.3 is 0 Å². The van der Waals surface area contributed by atoms with Crippen LogP contribution in [0.1, 0.15) is 10.6 Å². The molecule has 0 fully saturated rings. The average molecular weight is 202 g/mol. The van der Waals surface area contributed by atoms with Gasteiger partial charge in [0, 0.05) is 25.6 Å². The number of pyridine rings is 1. The Morgan fingerprint density at radius 2 is 2.33 bits per heavy atom. The molecule has 0 unspecified atom stereocenters.